The van der Waals surface area contributed by atoms with Gasteiger partial charge in [-0.1, -0.05) is 42.5 Å². The van der Waals surface area contributed by atoms with E-state index in [2.05, 4.69) is 10.1 Å². The first-order chi connectivity index (χ1) is 17.1. The van der Waals surface area contributed by atoms with Crippen LogP contribution in [0.25, 0.3) is 22.0 Å². The summed E-state index contributed by atoms with van der Waals surface area (Å²) in [6.07, 6.45) is 3.32. The highest BCUT2D eigenvalue weighted by molar-refractivity contribution is 6.13. The van der Waals surface area contributed by atoms with Crippen LogP contribution in [0.2, 0.25) is 0 Å². The van der Waals surface area contributed by atoms with Crippen LogP contribution in [0.1, 0.15) is 39.9 Å². The molecule has 7 nitrogen and oxygen atoms in total. The number of hydrogen-bond donors (Lipinski definition) is 1. The van der Waals surface area contributed by atoms with Gasteiger partial charge >= 0.3 is 5.91 Å². The van der Waals surface area contributed by atoms with Crippen LogP contribution in [-0.4, -0.2) is 21.6 Å². The van der Waals surface area contributed by atoms with Crippen molar-refractivity contribution < 1.29 is 13.6 Å². The van der Waals surface area contributed by atoms with E-state index in [1.54, 1.807) is 30.5 Å². The van der Waals surface area contributed by atoms with Crippen molar-refractivity contribution in [1.29, 1.82) is 0 Å². The smallest absolute Gasteiger partial charge is 0.310 e. The number of aromatic amines is 1. The molecule has 2 aromatic carbocycles. The zero-order valence-electron chi connectivity index (χ0n) is 18.9. The summed E-state index contributed by atoms with van der Waals surface area (Å²) in [4.78, 5) is 29.8. The van der Waals surface area contributed by atoms with Gasteiger partial charge in [0.05, 0.1) is 23.8 Å². The highest BCUT2D eigenvalue weighted by Crippen LogP contribution is 2.37. The number of amides is 1. The molecule has 3 aromatic heterocycles. The number of pyridine rings is 1. The molecule has 1 amide bonds. The standard InChI is InChI=1S/C28H21N3O4/c1-17-11-12-19-20(15-17)29-27(32)26(25(19)18-7-3-2-4-8-18)21-16-22(23-9-5-13-34-23)31(30-21)28(33)24-10-6-14-35-24/h2-15,22H,16H2,1H3,(H,29,32)/t22-/m1/s1. The van der Waals surface area contributed by atoms with Gasteiger partial charge in [-0.2, -0.15) is 5.10 Å². The number of aromatic nitrogens is 1. The lowest BCUT2D eigenvalue weighted by atomic mass is 9.91. The average molecular weight is 463 g/mol. The summed E-state index contributed by atoms with van der Waals surface area (Å²) < 4.78 is 11.0. The van der Waals surface area contributed by atoms with Gasteiger partial charge in [0, 0.05) is 22.9 Å². The molecule has 6 rings (SSSR count). The largest absolute Gasteiger partial charge is 0.467 e. The van der Waals surface area contributed by atoms with Crippen LogP contribution in [0.3, 0.4) is 0 Å². The number of hydrogen-bond acceptors (Lipinski definition) is 5. The second-order valence-electron chi connectivity index (χ2n) is 8.53. The van der Waals surface area contributed by atoms with E-state index in [0.717, 1.165) is 27.6 Å². The van der Waals surface area contributed by atoms with Gasteiger partial charge in [-0.3, -0.25) is 9.59 Å². The van der Waals surface area contributed by atoms with Crippen molar-refractivity contribution in [3.63, 3.8) is 0 Å². The minimum Gasteiger partial charge on any atom is -0.467 e. The lowest BCUT2D eigenvalue weighted by Crippen LogP contribution is -2.26. The first-order valence-electron chi connectivity index (χ1n) is 11.3. The highest BCUT2D eigenvalue weighted by Gasteiger charge is 2.38. The summed E-state index contributed by atoms with van der Waals surface area (Å²) in [6, 6.07) is 22.1. The molecule has 1 aliphatic heterocycles. The maximum Gasteiger partial charge on any atom is 0.310 e. The number of nitrogens with zero attached hydrogens (tertiary/aromatic N) is 2. The number of rotatable bonds is 4. The predicted molar refractivity (Wildman–Crippen MR) is 132 cm³/mol. The van der Waals surface area contributed by atoms with Crippen molar-refractivity contribution >= 4 is 22.5 Å². The van der Waals surface area contributed by atoms with Gasteiger partial charge in [0.1, 0.15) is 11.8 Å². The maximum absolute atomic E-state index is 13.5. The fraction of sp³-hybridized carbons (Fsp3) is 0.107. The van der Waals surface area contributed by atoms with Gasteiger partial charge in [0.15, 0.2) is 5.76 Å². The van der Waals surface area contributed by atoms with E-state index < -0.39 is 11.9 Å². The molecule has 1 N–H and O–H groups in total. The highest BCUT2D eigenvalue weighted by atomic mass is 16.3. The van der Waals surface area contributed by atoms with E-state index in [1.807, 2.05) is 55.5 Å². The molecule has 0 saturated carbocycles. The minimum atomic E-state index is -0.505. The molecule has 1 aliphatic rings. The van der Waals surface area contributed by atoms with Crippen molar-refractivity contribution in [3.05, 3.63) is 118 Å². The molecule has 4 heterocycles. The molecule has 0 fully saturated rings. The number of fused-ring (bicyclic) bond motifs is 1. The van der Waals surface area contributed by atoms with E-state index in [1.165, 1.54) is 11.3 Å². The fourth-order valence-corrected chi connectivity index (χ4v) is 4.66. The Morgan fingerprint density at radius 1 is 0.971 bits per heavy atom. The number of carbonyl (C=O) groups excluding carboxylic acids is 1. The number of H-pyrrole nitrogens is 1. The van der Waals surface area contributed by atoms with Crippen molar-refractivity contribution in [2.75, 3.05) is 0 Å². The topological polar surface area (TPSA) is 91.8 Å². The Hall–Kier alpha value is -4.65. The van der Waals surface area contributed by atoms with Crippen LogP contribution in [0, 0.1) is 6.92 Å². The van der Waals surface area contributed by atoms with Crippen LogP contribution in [0.5, 0.6) is 0 Å². The van der Waals surface area contributed by atoms with Crippen molar-refractivity contribution in [2.24, 2.45) is 5.10 Å². The Bertz CT molecular complexity index is 1610. The molecule has 0 spiro atoms. The Balaban J connectivity index is 1.57. The molecular formula is C28H21N3O4. The van der Waals surface area contributed by atoms with E-state index in [-0.39, 0.29) is 11.3 Å². The fourth-order valence-electron chi connectivity index (χ4n) is 4.66. The van der Waals surface area contributed by atoms with E-state index in [9.17, 15) is 9.59 Å². The molecule has 0 bridgehead atoms. The van der Waals surface area contributed by atoms with Crippen LogP contribution >= 0.6 is 0 Å². The molecule has 172 valence electrons. The van der Waals surface area contributed by atoms with E-state index >= 15 is 0 Å². The van der Waals surface area contributed by atoms with Gasteiger partial charge in [0.25, 0.3) is 5.56 Å². The molecular weight excluding hydrogens is 442 g/mol. The predicted octanol–water partition coefficient (Wildman–Crippen LogP) is 5.68. The number of furan rings is 2. The van der Waals surface area contributed by atoms with Crippen molar-refractivity contribution in [1.82, 2.24) is 9.99 Å². The summed E-state index contributed by atoms with van der Waals surface area (Å²) in [7, 11) is 0. The zero-order valence-corrected chi connectivity index (χ0v) is 18.9. The molecule has 0 saturated heterocycles. The third-order valence-electron chi connectivity index (χ3n) is 6.24. The third kappa shape index (κ3) is 3.58. The molecule has 0 unspecified atom stereocenters. The monoisotopic (exact) mass is 463 g/mol. The van der Waals surface area contributed by atoms with Crippen LogP contribution in [-0.2, 0) is 0 Å². The zero-order chi connectivity index (χ0) is 23.9. The molecule has 0 radical (unpaired) electrons. The normalized spacial score (nSPS) is 15.5. The van der Waals surface area contributed by atoms with Gasteiger partial charge < -0.3 is 13.8 Å². The number of aryl methyl sites for hydroxylation is 1. The summed E-state index contributed by atoms with van der Waals surface area (Å²) in [6.45, 7) is 1.99. The molecule has 7 heteroatoms. The molecule has 1 atom stereocenters. The third-order valence-corrected chi connectivity index (χ3v) is 6.24. The van der Waals surface area contributed by atoms with Crippen molar-refractivity contribution in [3.8, 4) is 11.1 Å². The van der Waals surface area contributed by atoms with Crippen molar-refractivity contribution in [2.45, 2.75) is 19.4 Å². The molecule has 35 heavy (non-hydrogen) atoms. The van der Waals surface area contributed by atoms with Gasteiger partial charge in [-0.15, -0.1) is 0 Å². The number of carbonyl (C=O) groups is 1. The maximum atomic E-state index is 13.5. The first kappa shape index (κ1) is 20.9. The second kappa shape index (κ2) is 8.29. The lowest BCUT2D eigenvalue weighted by molar-refractivity contribution is 0.0660. The average Bonchev–Trinajstić information content (AvgIpc) is 3.65. The van der Waals surface area contributed by atoms with Crippen LogP contribution in [0.15, 0.2) is 104 Å². The summed E-state index contributed by atoms with van der Waals surface area (Å²) >= 11 is 0. The Morgan fingerprint density at radius 2 is 1.77 bits per heavy atom. The SMILES string of the molecule is Cc1ccc2c(-c3ccccc3)c(C3=NN(C(=O)c4ccco4)[C@@H](c4ccco4)C3)c(=O)[nH]c2c1. The Morgan fingerprint density at radius 3 is 2.51 bits per heavy atom. The summed E-state index contributed by atoms with van der Waals surface area (Å²) in [5.41, 5.74) is 4.18. The van der Waals surface area contributed by atoms with Crippen LogP contribution < -0.4 is 5.56 Å². The second-order valence-corrected chi connectivity index (χ2v) is 8.53. The lowest BCUT2D eigenvalue weighted by Gasteiger charge is -2.18. The van der Waals surface area contributed by atoms with E-state index in [4.69, 9.17) is 8.83 Å². The summed E-state index contributed by atoms with van der Waals surface area (Å²) in [5, 5.41) is 6.94. The van der Waals surface area contributed by atoms with Gasteiger partial charge in [0.2, 0.25) is 0 Å². The van der Waals surface area contributed by atoms with E-state index in [0.29, 0.717) is 23.5 Å². The summed E-state index contributed by atoms with van der Waals surface area (Å²) in [5.74, 6) is 0.344. The number of nitrogens with one attached hydrogen (secondary N) is 1. The van der Waals surface area contributed by atoms with Gasteiger partial charge in [-0.25, -0.2) is 5.01 Å². The quantitative estimate of drug-likeness (QED) is 0.371. The minimum absolute atomic E-state index is 0.165. The Labute approximate surface area is 200 Å². The van der Waals surface area contributed by atoms with Gasteiger partial charge in [-0.05, 0) is 48.4 Å². The van der Waals surface area contributed by atoms with Crippen LogP contribution in [0.4, 0.5) is 0 Å². The first-order valence-corrected chi connectivity index (χ1v) is 11.3. The molecule has 0 aliphatic carbocycles. The number of hydrazone groups is 1. The number of benzene rings is 2. The molecule has 5 aromatic rings. The Kier molecular flexibility index (Phi) is 4.95.